The minimum absolute atomic E-state index is 0.857. The van der Waals surface area contributed by atoms with Gasteiger partial charge >= 0.3 is 0 Å². The van der Waals surface area contributed by atoms with Gasteiger partial charge in [-0.3, -0.25) is 0 Å². The molecule has 1 aromatic carbocycles. The maximum Gasteiger partial charge on any atom is 0.0205 e. The number of hydrogen-bond donors (Lipinski definition) is 1. The van der Waals surface area contributed by atoms with Gasteiger partial charge in [0.25, 0.3) is 0 Å². The normalized spacial score (nSPS) is 14.9. The molecular weight excluding hydrogens is 238 g/mol. The Hall–Kier alpha value is -1.12. The highest BCUT2D eigenvalue weighted by molar-refractivity contribution is 7.09. The topological polar surface area (TPSA) is 12.0 Å². The molecule has 1 nitrogen and oxygen atoms in total. The van der Waals surface area contributed by atoms with E-state index in [2.05, 4.69) is 47.1 Å². The lowest BCUT2D eigenvalue weighted by molar-refractivity contribution is 0.690. The van der Waals surface area contributed by atoms with E-state index in [0.717, 1.165) is 25.4 Å². The molecule has 0 radical (unpaired) electrons. The zero-order valence-corrected chi connectivity index (χ0v) is 11.4. The predicted molar refractivity (Wildman–Crippen MR) is 78.1 cm³/mol. The molecule has 0 bridgehead atoms. The van der Waals surface area contributed by atoms with Gasteiger partial charge in [0.2, 0.25) is 0 Å². The molecule has 1 aromatic heterocycles. The van der Waals surface area contributed by atoms with Gasteiger partial charge in [-0.05, 0) is 47.8 Å². The van der Waals surface area contributed by atoms with Crippen LogP contribution in [0.4, 0.5) is 0 Å². The van der Waals surface area contributed by atoms with Crippen LogP contribution in [0.2, 0.25) is 0 Å². The van der Waals surface area contributed by atoms with Crippen LogP contribution in [-0.4, -0.2) is 6.54 Å². The van der Waals surface area contributed by atoms with Crippen molar-refractivity contribution >= 4 is 11.3 Å². The Balaban J connectivity index is 1.46. The molecule has 0 amide bonds. The molecule has 1 heterocycles. The molecule has 1 fully saturated rings. The van der Waals surface area contributed by atoms with Crippen molar-refractivity contribution in [2.75, 3.05) is 6.54 Å². The second-order valence-electron chi connectivity index (χ2n) is 5.03. The summed E-state index contributed by atoms with van der Waals surface area (Å²) in [5, 5.41) is 5.68. The van der Waals surface area contributed by atoms with Gasteiger partial charge in [-0.25, -0.2) is 0 Å². The SMILES string of the molecule is c1cc(CNCCc2cccs2)cc(C2CC2)c1. The van der Waals surface area contributed by atoms with Crippen LogP contribution in [0.1, 0.15) is 34.8 Å². The monoisotopic (exact) mass is 257 g/mol. The Kier molecular flexibility index (Phi) is 3.77. The summed E-state index contributed by atoms with van der Waals surface area (Å²) in [5.74, 6) is 0.857. The van der Waals surface area contributed by atoms with E-state index in [-0.39, 0.29) is 0 Å². The highest BCUT2D eigenvalue weighted by atomic mass is 32.1. The number of nitrogens with one attached hydrogen (secondary N) is 1. The van der Waals surface area contributed by atoms with Gasteiger partial charge < -0.3 is 5.32 Å². The van der Waals surface area contributed by atoms with Crippen LogP contribution in [0.3, 0.4) is 0 Å². The van der Waals surface area contributed by atoms with Gasteiger partial charge in [0.1, 0.15) is 0 Å². The second-order valence-corrected chi connectivity index (χ2v) is 6.06. The summed E-state index contributed by atoms with van der Waals surface area (Å²) >= 11 is 1.84. The van der Waals surface area contributed by atoms with Crippen LogP contribution < -0.4 is 5.32 Å². The van der Waals surface area contributed by atoms with Crippen LogP contribution in [0, 0.1) is 0 Å². The van der Waals surface area contributed by atoms with Crippen LogP contribution in [0.5, 0.6) is 0 Å². The predicted octanol–water partition coefficient (Wildman–Crippen LogP) is 3.96. The molecule has 1 N–H and O–H groups in total. The van der Waals surface area contributed by atoms with Crippen LogP contribution in [0.15, 0.2) is 41.8 Å². The van der Waals surface area contributed by atoms with E-state index in [0.29, 0.717) is 0 Å². The summed E-state index contributed by atoms with van der Waals surface area (Å²) < 4.78 is 0. The molecule has 0 unspecified atom stereocenters. The molecule has 18 heavy (non-hydrogen) atoms. The first-order valence-electron chi connectivity index (χ1n) is 6.74. The third kappa shape index (κ3) is 3.21. The Morgan fingerprint density at radius 2 is 2.11 bits per heavy atom. The van der Waals surface area contributed by atoms with Crippen LogP contribution in [-0.2, 0) is 13.0 Å². The van der Waals surface area contributed by atoms with Crippen molar-refractivity contribution in [2.45, 2.75) is 31.7 Å². The van der Waals surface area contributed by atoms with Gasteiger partial charge in [0, 0.05) is 18.0 Å². The fourth-order valence-electron chi connectivity index (χ4n) is 2.27. The molecule has 2 heteroatoms. The smallest absolute Gasteiger partial charge is 0.0205 e. The van der Waals surface area contributed by atoms with Crippen molar-refractivity contribution < 1.29 is 0 Å². The Morgan fingerprint density at radius 3 is 2.89 bits per heavy atom. The first-order valence-corrected chi connectivity index (χ1v) is 7.62. The van der Waals surface area contributed by atoms with E-state index in [1.54, 1.807) is 0 Å². The maximum absolute atomic E-state index is 3.53. The third-order valence-electron chi connectivity index (χ3n) is 3.46. The average Bonchev–Trinajstić information content (AvgIpc) is 3.13. The maximum atomic E-state index is 3.53. The molecule has 1 saturated carbocycles. The van der Waals surface area contributed by atoms with Crippen molar-refractivity contribution in [3.63, 3.8) is 0 Å². The number of rotatable bonds is 6. The zero-order chi connectivity index (χ0) is 12.2. The summed E-state index contributed by atoms with van der Waals surface area (Å²) in [4.78, 5) is 1.47. The van der Waals surface area contributed by atoms with Crippen LogP contribution >= 0.6 is 11.3 Å². The molecule has 94 valence electrons. The Morgan fingerprint density at radius 1 is 1.17 bits per heavy atom. The lowest BCUT2D eigenvalue weighted by Crippen LogP contribution is -2.16. The highest BCUT2D eigenvalue weighted by Gasteiger charge is 2.23. The Bertz CT molecular complexity index is 486. The first-order chi connectivity index (χ1) is 8.92. The minimum Gasteiger partial charge on any atom is -0.312 e. The van der Waals surface area contributed by atoms with Crippen LogP contribution in [0.25, 0.3) is 0 Å². The lowest BCUT2D eigenvalue weighted by atomic mass is 10.1. The van der Waals surface area contributed by atoms with E-state index >= 15 is 0 Å². The quantitative estimate of drug-likeness (QED) is 0.772. The first kappa shape index (κ1) is 11.9. The second kappa shape index (κ2) is 5.68. The Labute approximate surface area is 113 Å². The molecular formula is C16H19NS. The molecule has 0 atom stereocenters. The minimum atomic E-state index is 0.857. The van der Waals surface area contributed by atoms with E-state index in [1.807, 2.05) is 11.3 Å². The standard InChI is InChI=1S/C16H19NS/c1-3-13(11-15(4-1)14-6-7-14)12-17-9-8-16-5-2-10-18-16/h1-5,10-11,14,17H,6-9,12H2. The number of benzene rings is 1. The van der Waals surface area contributed by atoms with Gasteiger partial charge in [0.05, 0.1) is 0 Å². The highest BCUT2D eigenvalue weighted by Crippen LogP contribution is 2.40. The van der Waals surface area contributed by atoms with E-state index < -0.39 is 0 Å². The number of hydrogen-bond acceptors (Lipinski definition) is 2. The fraction of sp³-hybridized carbons (Fsp3) is 0.375. The number of thiophene rings is 1. The molecule has 1 aliphatic rings. The average molecular weight is 257 g/mol. The molecule has 0 spiro atoms. The van der Waals surface area contributed by atoms with E-state index in [1.165, 1.54) is 28.8 Å². The fourth-order valence-corrected chi connectivity index (χ4v) is 2.98. The van der Waals surface area contributed by atoms with Crippen molar-refractivity contribution in [2.24, 2.45) is 0 Å². The molecule has 0 aliphatic heterocycles. The third-order valence-corrected chi connectivity index (χ3v) is 4.39. The summed E-state index contributed by atoms with van der Waals surface area (Å²) in [5.41, 5.74) is 2.96. The van der Waals surface area contributed by atoms with Crippen molar-refractivity contribution in [1.29, 1.82) is 0 Å². The van der Waals surface area contributed by atoms with Crippen molar-refractivity contribution in [3.8, 4) is 0 Å². The van der Waals surface area contributed by atoms with Gasteiger partial charge in [-0.2, -0.15) is 0 Å². The van der Waals surface area contributed by atoms with E-state index in [9.17, 15) is 0 Å². The summed E-state index contributed by atoms with van der Waals surface area (Å²) in [6, 6.07) is 13.4. The van der Waals surface area contributed by atoms with Gasteiger partial charge in [-0.15, -0.1) is 11.3 Å². The summed E-state index contributed by atoms with van der Waals surface area (Å²) in [6.07, 6.45) is 3.91. The molecule has 2 aromatic rings. The van der Waals surface area contributed by atoms with Gasteiger partial charge in [-0.1, -0.05) is 30.3 Å². The lowest BCUT2D eigenvalue weighted by Gasteiger charge is -2.06. The zero-order valence-electron chi connectivity index (χ0n) is 10.6. The van der Waals surface area contributed by atoms with Crippen molar-refractivity contribution in [1.82, 2.24) is 5.32 Å². The van der Waals surface area contributed by atoms with E-state index in [4.69, 9.17) is 0 Å². The summed E-state index contributed by atoms with van der Waals surface area (Å²) in [6.45, 7) is 2.06. The summed E-state index contributed by atoms with van der Waals surface area (Å²) in [7, 11) is 0. The van der Waals surface area contributed by atoms with Crippen molar-refractivity contribution in [3.05, 3.63) is 57.8 Å². The molecule has 1 aliphatic carbocycles. The molecule has 0 saturated heterocycles. The molecule has 3 rings (SSSR count). The van der Waals surface area contributed by atoms with Gasteiger partial charge in [0.15, 0.2) is 0 Å². The largest absolute Gasteiger partial charge is 0.312 e.